The lowest BCUT2D eigenvalue weighted by atomic mass is 10.1. The Hall–Kier alpha value is -2.09. The number of hydrogen-bond donors (Lipinski definition) is 1. The molecule has 7 nitrogen and oxygen atoms in total. The molecule has 148 valence electrons. The van der Waals surface area contributed by atoms with Gasteiger partial charge in [-0.1, -0.05) is 29.8 Å². The fourth-order valence-corrected chi connectivity index (χ4v) is 2.86. The van der Waals surface area contributed by atoms with Crippen molar-refractivity contribution < 1.29 is 23.9 Å². The van der Waals surface area contributed by atoms with E-state index in [9.17, 15) is 14.4 Å². The second-order valence-corrected chi connectivity index (χ2v) is 7.66. The van der Waals surface area contributed by atoms with E-state index in [2.05, 4.69) is 21.2 Å². The minimum absolute atomic E-state index is 0.159. The van der Waals surface area contributed by atoms with Crippen molar-refractivity contribution in [1.29, 1.82) is 0 Å². The van der Waals surface area contributed by atoms with Crippen LogP contribution in [0, 0.1) is 5.92 Å². The third kappa shape index (κ3) is 6.86. The first-order valence-electron chi connectivity index (χ1n) is 8.98. The molecule has 0 aliphatic carbocycles. The molecule has 0 radical (unpaired) electrons. The van der Waals surface area contributed by atoms with Crippen LogP contribution >= 0.6 is 15.9 Å². The molecule has 1 aromatic carbocycles. The summed E-state index contributed by atoms with van der Waals surface area (Å²) in [6, 6.07) is 6.23. The molecule has 1 saturated heterocycles. The molecular formula is C19H25BrN2O5. The molecule has 1 aromatic rings. The lowest BCUT2D eigenvalue weighted by Gasteiger charge is -2.34. The van der Waals surface area contributed by atoms with E-state index >= 15 is 0 Å². The molecule has 0 spiro atoms. The molecule has 1 heterocycles. The first-order chi connectivity index (χ1) is 12.9. The Morgan fingerprint density at radius 2 is 2.00 bits per heavy atom. The van der Waals surface area contributed by atoms with Crippen molar-refractivity contribution in [3.8, 4) is 5.75 Å². The van der Waals surface area contributed by atoms with Gasteiger partial charge in [-0.25, -0.2) is 0 Å². The molecule has 2 amide bonds. The number of benzene rings is 1. The lowest BCUT2D eigenvalue weighted by Crippen LogP contribution is -2.58. The Balaban J connectivity index is 1.91. The number of hydrogen-bond acceptors (Lipinski definition) is 5. The number of piperazine rings is 1. The number of nitrogens with zero attached hydrogens (tertiary/aromatic N) is 1. The minimum atomic E-state index is -0.869. The molecule has 8 heteroatoms. The lowest BCUT2D eigenvalue weighted by molar-refractivity contribution is -0.152. The van der Waals surface area contributed by atoms with Gasteiger partial charge in [0.1, 0.15) is 11.8 Å². The highest BCUT2D eigenvalue weighted by Crippen LogP contribution is 2.17. The second kappa shape index (κ2) is 10.3. The number of esters is 1. The number of carbonyl (C=O) groups is 3. The van der Waals surface area contributed by atoms with Crippen LogP contribution in [0.2, 0.25) is 0 Å². The summed E-state index contributed by atoms with van der Waals surface area (Å²) < 4.78 is 11.6. The van der Waals surface area contributed by atoms with E-state index < -0.39 is 12.0 Å². The van der Waals surface area contributed by atoms with Gasteiger partial charge in [-0.3, -0.25) is 14.4 Å². The first-order valence-corrected chi connectivity index (χ1v) is 9.77. The highest BCUT2D eigenvalue weighted by atomic mass is 79.9. The smallest absolute Gasteiger partial charge is 0.308 e. The van der Waals surface area contributed by atoms with Crippen LogP contribution in [0.3, 0.4) is 0 Å². The molecule has 2 rings (SSSR count). The predicted octanol–water partition coefficient (Wildman–Crippen LogP) is 2.13. The van der Waals surface area contributed by atoms with Gasteiger partial charge in [0.15, 0.2) is 6.61 Å². The van der Waals surface area contributed by atoms with Crippen LogP contribution in [-0.2, 0) is 19.1 Å². The summed E-state index contributed by atoms with van der Waals surface area (Å²) in [6.07, 6.45) is 0.597. The number of carbonyl (C=O) groups excluding carboxylic acids is 3. The molecule has 0 aromatic heterocycles. The Bertz CT molecular complexity index is 663. The van der Waals surface area contributed by atoms with Gasteiger partial charge in [0.05, 0.1) is 13.0 Å². The van der Waals surface area contributed by atoms with Crippen LogP contribution in [-0.4, -0.2) is 55.0 Å². The molecule has 1 aliphatic heterocycles. The Morgan fingerprint density at radius 1 is 1.30 bits per heavy atom. The van der Waals surface area contributed by atoms with E-state index in [1.807, 2.05) is 26.0 Å². The summed E-state index contributed by atoms with van der Waals surface area (Å²) in [5.41, 5.74) is 0. The first kappa shape index (κ1) is 21.2. The molecule has 1 atom stereocenters. The quantitative estimate of drug-likeness (QED) is 0.625. The van der Waals surface area contributed by atoms with Crippen molar-refractivity contribution in [3.05, 3.63) is 28.7 Å². The molecule has 0 saturated carbocycles. The Kier molecular flexibility index (Phi) is 8.09. The van der Waals surface area contributed by atoms with Gasteiger partial charge in [-0.15, -0.1) is 0 Å². The normalized spacial score (nSPS) is 16.8. The largest absolute Gasteiger partial charge is 0.484 e. The predicted molar refractivity (Wildman–Crippen MR) is 103 cm³/mol. The van der Waals surface area contributed by atoms with Gasteiger partial charge >= 0.3 is 5.97 Å². The Morgan fingerprint density at radius 3 is 2.67 bits per heavy atom. The third-order valence-corrected chi connectivity index (χ3v) is 4.67. The molecule has 1 fully saturated rings. The molecule has 1 N–H and O–H groups in total. The van der Waals surface area contributed by atoms with Gasteiger partial charge in [0.2, 0.25) is 5.91 Å². The van der Waals surface area contributed by atoms with Crippen LogP contribution in [0.1, 0.15) is 26.7 Å². The molecule has 27 heavy (non-hydrogen) atoms. The van der Waals surface area contributed by atoms with Crippen LogP contribution in [0.25, 0.3) is 0 Å². The summed E-state index contributed by atoms with van der Waals surface area (Å²) >= 11 is 3.33. The average Bonchev–Trinajstić information content (AvgIpc) is 2.62. The summed E-state index contributed by atoms with van der Waals surface area (Å²) in [4.78, 5) is 38.2. The monoisotopic (exact) mass is 440 g/mol. The zero-order valence-electron chi connectivity index (χ0n) is 15.6. The number of rotatable bonds is 8. The van der Waals surface area contributed by atoms with E-state index in [0.29, 0.717) is 31.4 Å². The van der Waals surface area contributed by atoms with Crippen molar-refractivity contribution in [2.24, 2.45) is 5.92 Å². The van der Waals surface area contributed by atoms with Gasteiger partial charge in [-0.2, -0.15) is 0 Å². The molecular weight excluding hydrogens is 416 g/mol. The van der Waals surface area contributed by atoms with Gasteiger partial charge < -0.3 is 19.7 Å². The van der Waals surface area contributed by atoms with Crippen molar-refractivity contribution in [2.75, 3.05) is 26.3 Å². The SMILES string of the molecule is CC(C)CCOC(=O)CC1C(=O)NCCN1C(=O)COc1ccc(Br)cc1. The van der Waals surface area contributed by atoms with Crippen molar-refractivity contribution in [1.82, 2.24) is 10.2 Å². The van der Waals surface area contributed by atoms with Gasteiger partial charge in [-0.05, 0) is 36.6 Å². The van der Waals surface area contributed by atoms with E-state index in [-0.39, 0.29) is 24.8 Å². The maximum atomic E-state index is 12.5. The van der Waals surface area contributed by atoms with Gasteiger partial charge in [0.25, 0.3) is 5.91 Å². The summed E-state index contributed by atoms with van der Waals surface area (Å²) in [6.45, 7) is 4.86. The van der Waals surface area contributed by atoms with E-state index in [1.165, 1.54) is 4.90 Å². The van der Waals surface area contributed by atoms with E-state index in [1.54, 1.807) is 12.1 Å². The zero-order valence-corrected chi connectivity index (χ0v) is 17.2. The second-order valence-electron chi connectivity index (χ2n) is 6.74. The highest BCUT2D eigenvalue weighted by Gasteiger charge is 2.35. The van der Waals surface area contributed by atoms with Gasteiger partial charge in [0, 0.05) is 17.6 Å². The van der Waals surface area contributed by atoms with Crippen LogP contribution in [0.15, 0.2) is 28.7 Å². The number of nitrogens with one attached hydrogen (secondary N) is 1. The van der Waals surface area contributed by atoms with Crippen LogP contribution in [0.5, 0.6) is 5.75 Å². The fraction of sp³-hybridized carbons (Fsp3) is 0.526. The zero-order chi connectivity index (χ0) is 19.8. The summed E-state index contributed by atoms with van der Waals surface area (Å²) in [7, 11) is 0. The summed E-state index contributed by atoms with van der Waals surface area (Å²) in [5.74, 6) is -0.196. The average molecular weight is 441 g/mol. The maximum absolute atomic E-state index is 12.5. The fourth-order valence-electron chi connectivity index (χ4n) is 2.60. The standard InChI is InChI=1S/C19H25BrN2O5/c1-13(2)7-10-26-18(24)11-16-19(25)21-8-9-22(16)17(23)12-27-15-5-3-14(20)4-6-15/h3-6,13,16H,7-12H2,1-2H3,(H,21,25). The number of amides is 2. The van der Waals surface area contributed by atoms with E-state index in [4.69, 9.17) is 9.47 Å². The molecule has 1 unspecified atom stereocenters. The maximum Gasteiger partial charge on any atom is 0.308 e. The highest BCUT2D eigenvalue weighted by molar-refractivity contribution is 9.10. The van der Waals surface area contributed by atoms with Crippen LogP contribution < -0.4 is 10.1 Å². The number of halogens is 1. The molecule has 0 bridgehead atoms. The van der Waals surface area contributed by atoms with Crippen LogP contribution in [0.4, 0.5) is 0 Å². The molecule has 1 aliphatic rings. The minimum Gasteiger partial charge on any atom is -0.484 e. The topological polar surface area (TPSA) is 84.9 Å². The van der Waals surface area contributed by atoms with Crippen molar-refractivity contribution in [3.63, 3.8) is 0 Å². The number of ether oxygens (including phenoxy) is 2. The Labute approximate surface area is 167 Å². The third-order valence-electron chi connectivity index (χ3n) is 4.15. The van der Waals surface area contributed by atoms with Crippen molar-refractivity contribution in [2.45, 2.75) is 32.7 Å². The summed E-state index contributed by atoms with van der Waals surface area (Å²) in [5, 5.41) is 2.69. The van der Waals surface area contributed by atoms with Crippen molar-refractivity contribution >= 4 is 33.7 Å². The van der Waals surface area contributed by atoms with E-state index in [0.717, 1.165) is 10.9 Å².